The molecule has 1 heterocycles. The van der Waals surface area contributed by atoms with Crippen LogP contribution in [0.4, 0.5) is 0 Å². The molecule has 0 bridgehead atoms. The molecular formula is C12H23IN6. The second-order valence-corrected chi connectivity index (χ2v) is 5.78. The summed E-state index contributed by atoms with van der Waals surface area (Å²) in [6, 6.07) is 0.578. The Balaban J connectivity index is 0.00000180. The van der Waals surface area contributed by atoms with Crippen molar-refractivity contribution >= 4 is 29.9 Å². The maximum absolute atomic E-state index is 5.95. The van der Waals surface area contributed by atoms with E-state index in [9.17, 15) is 0 Å². The molecule has 0 aliphatic heterocycles. The lowest BCUT2D eigenvalue weighted by Gasteiger charge is -2.21. The van der Waals surface area contributed by atoms with E-state index in [0.29, 0.717) is 18.5 Å². The molecule has 1 saturated carbocycles. The molecule has 19 heavy (non-hydrogen) atoms. The zero-order chi connectivity index (χ0) is 13.3. The van der Waals surface area contributed by atoms with Gasteiger partial charge in [0.2, 0.25) is 0 Å². The van der Waals surface area contributed by atoms with E-state index in [-0.39, 0.29) is 29.5 Å². The summed E-state index contributed by atoms with van der Waals surface area (Å²) in [6.07, 6.45) is 3.99. The molecular weight excluding hydrogens is 355 g/mol. The molecule has 1 aromatic rings. The number of aliphatic imine (C=N–C) groups is 1. The van der Waals surface area contributed by atoms with Gasteiger partial charge in [-0.05, 0) is 33.6 Å². The third-order valence-corrected chi connectivity index (χ3v) is 3.09. The highest BCUT2D eigenvalue weighted by Crippen LogP contribution is 2.25. The van der Waals surface area contributed by atoms with Gasteiger partial charge in [0.05, 0.1) is 5.54 Å². The number of hydrogen-bond acceptors (Lipinski definition) is 3. The number of halogens is 1. The number of hydrogen-bond donors (Lipinski definition) is 1. The van der Waals surface area contributed by atoms with E-state index < -0.39 is 0 Å². The fourth-order valence-electron chi connectivity index (χ4n) is 1.85. The number of nitrogens with two attached hydrogens (primary N) is 1. The lowest BCUT2D eigenvalue weighted by molar-refractivity contribution is 0.341. The fraction of sp³-hybridized carbons (Fsp3) is 0.750. The van der Waals surface area contributed by atoms with Crippen molar-refractivity contribution in [2.45, 2.75) is 51.7 Å². The number of nitrogens with zero attached hydrogens (tertiary/aromatic N) is 5. The van der Waals surface area contributed by atoms with Crippen molar-refractivity contribution in [1.29, 1.82) is 0 Å². The summed E-state index contributed by atoms with van der Waals surface area (Å²) in [5, 5.41) is 4.24. The highest BCUT2D eigenvalue weighted by Gasteiger charge is 2.27. The molecule has 1 aromatic heterocycles. The average molecular weight is 378 g/mol. The molecule has 2 N–H and O–H groups in total. The van der Waals surface area contributed by atoms with Crippen molar-refractivity contribution < 1.29 is 0 Å². The summed E-state index contributed by atoms with van der Waals surface area (Å²) in [6.45, 7) is 6.75. The van der Waals surface area contributed by atoms with Gasteiger partial charge in [0.25, 0.3) is 0 Å². The monoisotopic (exact) mass is 378 g/mol. The summed E-state index contributed by atoms with van der Waals surface area (Å²) in [5.41, 5.74) is 5.87. The normalized spacial score (nSPS) is 16.1. The summed E-state index contributed by atoms with van der Waals surface area (Å²) in [5.74, 6) is 1.43. The minimum absolute atomic E-state index is 0. The van der Waals surface area contributed by atoms with Crippen molar-refractivity contribution in [3.8, 4) is 0 Å². The van der Waals surface area contributed by atoms with E-state index in [1.54, 1.807) is 6.33 Å². The van der Waals surface area contributed by atoms with Crippen molar-refractivity contribution in [3.05, 3.63) is 12.2 Å². The Bertz CT molecular complexity index is 443. The van der Waals surface area contributed by atoms with E-state index in [1.165, 1.54) is 12.8 Å². The van der Waals surface area contributed by atoms with Crippen molar-refractivity contribution in [3.63, 3.8) is 0 Å². The molecule has 0 saturated heterocycles. The van der Waals surface area contributed by atoms with E-state index in [2.05, 4.69) is 35.8 Å². The van der Waals surface area contributed by atoms with Crippen LogP contribution in [0, 0.1) is 0 Å². The standard InChI is InChI=1S/C12H22N6.HI/c1-12(2,3)18-10(15-8-16-18)7-14-11(13)17(4)9-5-6-9;/h8-9H,5-7H2,1-4H3,(H2,13,14);1H. The van der Waals surface area contributed by atoms with E-state index in [1.807, 2.05) is 16.6 Å². The molecule has 0 amide bonds. The largest absolute Gasteiger partial charge is 0.370 e. The van der Waals surface area contributed by atoms with E-state index >= 15 is 0 Å². The van der Waals surface area contributed by atoms with Crippen LogP contribution in [0.1, 0.15) is 39.4 Å². The van der Waals surface area contributed by atoms with Crippen molar-refractivity contribution in [2.75, 3.05) is 7.05 Å². The quantitative estimate of drug-likeness (QED) is 0.492. The number of aromatic nitrogens is 3. The minimum Gasteiger partial charge on any atom is -0.370 e. The fourth-order valence-corrected chi connectivity index (χ4v) is 1.85. The lowest BCUT2D eigenvalue weighted by Crippen LogP contribution is -2.35. The van der Waals surface area contributed by atoms with Crippen LogP contribution in [0.5, 0.6) is 0 Å². The molecule has 7 heteroatoms. The van der Waals surface area contributed by atoms with Gasteiger partial charge in [-0.15, -0.1) is 24.0 Å². The molecule has 108 valence electrons. The molecule has 1 aliphatic rings. The summed E-state index contributed by atoms with van der Waals surface area (Å²) >= 11 is 0. The van der Waals surface area contributed by atoms with Crippen molar-refractivity contribution in [1.82, 2.24) is 19.7 Å². The Morgan fingerprint density at radius 1 is 1.53 bits per heavy atom. The SMILES string of the molecule is CN(C(N)=NCc1ncnn1C(C)(C)C)C1CC1.I. The van der Waals surface area contributed by atoms with Crippen LogP contribution in [0.2, 0.25) is 0 Å². The third-order valence-electron chi connectivity index (χ3n) is 3.09. The van der Waals surface area contributed by atoms with Gasteiger partial charge >= 0.3 is 0 Å². The molecule has 1 aliphatic carbocycles. The smallest absolute Gasteiger partial charge is 0.191 e. The predicted molar refractivity (Wildman–Crippen MR) is 86.5 cm³/mol. The molecule has 6 nitrogen and oxygen atoms in total. The van der Waals surface area contributed by atoms with Crippen LogP contribution in [-0.4, -0.2) is 38.7 Å². The van der Waals surface area contributed by atoms with Gasteiger partial charge in [0, 0.05) is 13.1 Å². The summed E-state index contributed by atoms with van der Waals surface area (Å²) < 4.78 is 1.89. The van der Waals surface area contributed by atoms with Gasteiger partial charge < -0.3 is 10.6 Å². The van der Waals surface area contributed by atoms with Gasteiger partial charge in [0.15, 0.2) is 5.96 Å². The van der Waals surface area contributed by atoms with Crippen LogP contribution < -0.4 is 5.73 Å². The zero-order valence-corrected chi connectivity index (χ0v) is 14.3. The predicted octanol–water partition coefficient (Wildman–Crippen LogP) is 1.56. The van der Waals surface area contributed by atoms with E-state index in [0.717, 1.165) is 5.82 Å². The summed E-state index contributed by atoms with van der Waals surface area (Å²) in [7, 11) is 1.99. The van der Waals surface area contributed by atoms with Crippen LogP contribution in [0.3, 0.4) is 0 Å². The first kappa shape index (κ1) is 16.2. The Morgan fingerprint density at radius 2 is 2.16 bits per heavy atom. The first-order chi connectivity index (χ1) is 8.39. The summed E-state index contributed by atoms with van der Waals surface area (Å²) in [4.78, 5) is 10.7. The van der Waals surface area contributed by atoms with Gasteiger partial charge in [-0.2, -0.15) is 5.10 Å². The van der Waals surface area contributed by atoms with Crippen LogP contribution in [0.15, 0.2) is 11.3 Å². The minimum atomic E-state index is -0.0848. The molecule has 0 atom stereocenters. The van der Waals surface area contributed by atoms with Gasteiger partial charge in [-0.3, -0.25) is 0 Å². The molecule has 0 spiro atoms. The first-order valence-corrected chi connectivity index (χ1v) is 6.31. The van der Waals surface area contributed by atoms with Gasteiger partial charge in [-0.1, -0.05) is 0 Å². The topological polar surface area (TPSA) is 72.3 Å². The molecule has 0 aromatic carbocycles. The Kier molecular flexibility index (Phi) is 5.17. The van der Waals surface area contributed by atoms with Gasteiger partial charge in [0.1, 0.15) is 18.7 Å². The first-order valence-electron chi connectivity index (χ1n) is 6.31. The molecule has 0 radical (unpaired) electrons. The molecule has 2 rings (SSSR count). The Hall–Kier alpha value is -0.860. The molecule has 1 fully saturated rings. The van der Waals surface area contributed by atoms with Crippen molar-refractivity contribution in [2.24, 2.45) is 10.7 Å². The van der Waals surface area contributed by atoms with Crippen LogP contribution >= 0.6 is 24.0 Å². The Morgan fingerprint density at radius 3 is 2.68 bits per heavy atom. The lowest BCUT2D eigenvalue weighted by atomic mass is 10.1. The maximum atomic E-state index is 5.95. The number of rotatable bonds is 3. The maximum Gasteiger partial charge on any atom is 0.191 e. The second-order valence-electron chi connectivity index (χ2n) is 5.78. The highest BCUT2D eigenvalue weighted by atomic mass is 127. The third kappa shape index (κ3) is 4.05. The highest BCUT2D eigenvalue weighted by molar-refractivity contribution is 14.0. The van der Waals surface area contributed by atoms with Crippen LogP contribution in [0.25, 0.3) is 0 Å². The second kappa shape index (κ2) is 6.06. The van der Waals surface area contributed by atoms with E-state index in [4.69, 9.17) is 5.73 Å². The molecule has 0 unspecified atom stereocenters. The Labute approximate surface area is 131 Å². The average Bonchev–Trinajstić information content (AvgIpc) is 3.01. The zero-order valence-electron chi connectivity index (χ0n) is 12.0. The van der Waals surface area contributed by atoms with Gasteiger partial charge in [-0.25, -0.2) is 14.7 Å². The number of guanidine groups is 1. The van der Waals surface area contributed by atoms with Crippen LogP contribution in [-0.2, 0) is 12.1 Å².